The van der Waals surface area contributed by atoms with Gasteiger partial charge in [0.15, 0.2) is 0 Å². The molecule has 8 nitrogen and oxygen atoms in total. The molecule has 1 atom stereocenters. The zero-order chi connectivity index (χ0) is 14.2. The molecule has 0 saturated carbocycles. The number of nitrogens with one attached hydrogen (secondary N) is 1. The van der Waals surface area contributed by atoms with Crippen molar-refractivity contribution >= 4 is 17.4 Å². The van der Waals surface area contributed by atoms with Crippen molar-refractivity contribution in [3.8, 4) is 0 Å². The van der Waals surface area contributed by atoms with E-state index in [1.165, 1.54) is 4.68 Å². The van der Waals surface area contributed by atoms with Crippen LogP contribution >= 0.6 is 0 Å². The van der Waals surface area contributed by atoms with Gasteiger partial charge < -0.3 is 10.2 Å². The summed E-state index contributed by atoms with van der Waals surface area (Å²) in [6.07, 6.45) is 0.639. The summed E-state index contributed by atoms with van der Waals surface area (Å²) in [7, 11) is 1.72. The van der Waals surface area contributed by atoms with E-state index in [0.29, 0.717) is 31.0 Å². The van der Waals surface area contributed by atoms with Crippen molar-refractivity contribution in [1.82, 2.24) is 14.7 Å². The van der Waals surface area contributed by atoms with Gasteiger partial charge in [0.2, 0.25) is 11.7 Å². The third-order valence-electron chi connectivity index (χ3n) is 3.32. The van der Waals surface area contributed by atoms with Gasteiger partial charge in [0.1, 0.15) is 11.7 Å². The number of carbonyl (C=O) groups excluding carboxylic acids is 1. The maximum atomic E-state index is 11.9. The van der Waals surface area contributed by atoms with Crippen molar-refractivity contribution in [3.05, 3.63) is 15.8 Å². The zero-order valence-corrected chi connectivity index (χ0v) is 11.2. The summed E-state index contributed by atoms with van der Waals surface area (Å²) in [6.45, 7) is 4.61. The number of nitrogens with zero attached hydrogens (tertiary/aromatic N) is 4. The Morgan fingerprint density at radius 3 is 2.74 bits per heavy atom. The fourth-order valence-electron chi connectivity index (χ4n) is 2.28. The molecule has 1 aliphatic rings. The number of likely N-dealkylation sites (N-methyl/N-ethyl adjacent to an activating group) is 1. The predicted molar refractivity (Wildman–Crippen MR) is 69.0 cm³/mol. The SMILES string of the molecule is CCn1nc(C)c([N+](=O)[O-])c1NC1CCN(C)C1=O. The Morgan fingerprint density at radius 2 is 2.26 bits per heavy atom. The molecule has 1 unspecified atom stereocenters. The van der Waals surface area contributed by atoms with Gasteiger partial charge in [0.05, 0.1) is 4.92 Å². The summed E-state index contributed by atoms with van der Waals surface area (Å²) in [5.41, 5.74) is 0.303. The number of aromatic nitrogens is 2. The van der Waals surface area contributed by atoms with Crippen LogP contribution in [0.15, 0.2) is 0 Å². The van der Waals surface area contributed by atoms with Gasteiger partial charge in [-0.1, -0.05) is 0 Å². The molecule has 0 aliphatic carbocycles. The summed E-state index contributed by atoms with van der Waals surface area (Å²) < 4.78 is 1.53. The fourth-order valence-corrected chi connectivity index (χ4v) is 2.28. The number of nitro groups is 1. The number of likely N-dealkylation sites (tertiary alicyclic amines) is 1. The van der Waals surface area contributed by atoms with Crippen LogP contribution in [0.4, 0.5) is 11.5 Å². The molecule has 2 rings (SSSR count). The van der Waals surface area contributed by atoms with E-state index in [0.717, 1.165) is 0 Å². The van der Waals surface area contributed by atoms with E-state index >= 15 is 0 Å². The molecule has 0 bridgehead atoms. The van der Waals surface area contributed by atoms with Gasteiger partial charge in [-0.25, -0.2) is 4.68 Å². The summed E-state index contributed by atoms with van der Waals surface area (Å²) >= 11 is 0. The van der Waals surface area contributed by atoms with Crippen molar-refractivity contribution in [3.63, 3.8) is 0 Å². The average molecular weight is 267 g/mol. The Labute approximate surface area is 110 Å². The Balaban J connectivity index is 2.33. The first kappa shape index (κ1) is 13.3. The first-order valence-corrected chi connectivity index (χ1v) is 6.19. The molecular weight excluding hydrogens is 250 g/mol. The molecule has 0 spiro atoms. The highest BCUT2D eigenvalue weighted by Gasteiger charge is 2.33. The molecule has 1 fully saturated rings. The van der Waals surface area contributed by atoms with E-state index in [4.69, 9.17) is 0 Å². The number of hydrogen-bond donors (Lipinski definition) is 1. The second kappa shape index (κ2) is 4.87. The number of rotatable bonds is 4. The number of anilines is 1. The normalized spacial score (nSPS) is 19.0. The van der Waals surface area contributed by atoms with E-state index in [1.54, 1.807) is 18.9 Å². The van der Waals surface area contributed by atoms with Gasteiger partial charge in [0.25, 0.3) is 0 Å². The lowest BCUT2D eigenvalue weighted by Gasteiger charge is -2.13. The summed E-state index contributed by atoms with van der Waals surface area (Å²) in [4.78, 5) is 24.1. The predicted octanol–water partition coefficient (Wildman–Crippen LogP) is 0.762. The average Bonchev–Trinajstić information content (AvgIpc) is 2.83. The van der Waals surface area contributed by atoms with E-state index in [9.17, 15) is 14.9 Å². The molecule has 1 amide bonds. The van der Waals surface area contributed by atoms with Crippen LogP contribution in [0.3, 0.4) is 0 Å². The van der Waals surface area contributed by atoms with E-state index < -0.39 is 11.0 Å². The van der Waals surface area contributed by atoms with Gasteiger partial charge in [-0.15, -0.1) is 0 Å². The molecular formula is C11H17N5O3. The van der Waals surface area contributed by atoms with E-state index in [1.807, 2.05) is 6.92 Å². The lowest BCUT2D eigenvalue weighted by Crippen LogP contribution is -2.31. The van der Waals surface area contributed by atoms with Crippen LogP contribution in [0.5, 0.6) is 0 Å². The van der Waals surface area contributed by atoms with Crippen molar-refractivity contribution < 1.29 is 9.72 Å². The van der Waals surface area contributed by atoms with Crippen molar-refractivity contribution in [2.75, 3.05) is 18.9 Å². The van der Waals surface area contributed by atoms with Crippen molar-refractivity contribution in [2.24, 2.45) is 0 Å². The molecule has 1 aromatic rings. The third-order valence-corrected chi connectivity index (χ3v) is 3.32. The third kappa shape index (κ3) is 2.25. The largest absolute Gasteiger partial charge is 0.353 e. The van der Waals surface area contributed by atoms with Crippen LogP contribution < -0.4 is 5.32 Å². The second-order valence-electron chi connectivity index (χ2n) is 4.60. The first-order chi connectivity index (χ1) is 8.95. The fraction of sp³-hybridized carbons (Fsp3) is 0.636. The minimum Gasteiger partial charge on any atom is -0.353 e. The van der Waals surface area contributed by atoms with Gasteiger partial charge in [-0.05, 0) is 20.3 Å². The molecule has 19 heavy (non-hydrogen) atoms. The van der Waals surface area contributed by atoms with Gasteiger partial charge in [-0.3, -0.25) is 14.9 Å². The topological polar surface area (TPSA) is 93.3 Å². The van der Waals surface area contributed by atoms with Crippen molar-refractivity contribution in [1.29, 1.82) is 0 Å². The van der Waals surface area contributed by atoms with Gasteiger partial charge in [-0.2, -0.15) is 5.10 Å². The number of carbonyl (C=O) groups is 1. The van der Waals surface area contributed by atoms with Crippen LogP contribution in [-0.4, -0.2) is 45.1 Å². The molecule has 1 aliphatic heterocycles. The van der Waals surface area contributed by atoms with Crippen LogP contribution in [0, 0.1) is 17.0 Å². The number of aryl methyl sites for hydroxylation is 2. The molecule has 1 saturated heterocycles. The van der Waals surface area contributed by atoms with Gasteiger partial charge >= 0.3 is 5.69 Å². The van der Waals surface area contributed by atoms with E-state index in [2.05, 4.69) is 10.4 Å². The summed E-state index contributed by atoms with van der Waals surface area (Å²) in [6, 6.07) is -0.412. The quantitative estimate of drug-likeness (QED) is 0.642. The molecule has 2 heterocycles. The monoisotopic (exact) mass is 267 g/mol. The minimum absolute atomic E-state index is 0.0456. The maximum Gasteiger partial charge on any atom is 0.333 e. The van der Waals surface area contributed by atoms with Crippen LogP contribution in [0.1, 0.15) is 19.0 Å². The first-order valence-electron chi connectivity index (χ1n) is 6.19. The molecule has 104 valence electrons. The van der Waals surface area contributed by atoms with Crippen molar-refractivity contribution in [2.45, 2.75) is 32.9 Å². The van der Waals surface area contributed by atoms with E-state index in [-0.39, 0.29) is 11.6 Å². The molecule has 1 aromatic heterocycles. The standard InChI is InChI=1S/C11H17N5O3/c1-4-15-10(9(16(18)19)7(2)13-15)12-8-5-6-14(3)11(8)17/h8,12H,4-6H2,1-3H3. The zero-order valence-electron chi connectivity index (χ0n) is 11.2. The number of amides is 1. The molecule has 0 aromatic carbocycles. The second-order valence-corrected chi connectivity index (χ2v) is 4.60. The smallest absolute Gasteiger partial charge is 0.333 e. The van der Waals surface area contributed by atoms with Gasteiger partial charge in [0, 0.05) is 20.1 Å². The van der Waals surface area contributed by atoms with Crippen LogP contribution in [0.25, 0.3) is 0 Å². The van der Waals surface area contributed by atoms with Crippen LogP contribution in [-0.2, 0) is 11.3 Å². The molecule has 1 N–H and O–H groups in total. The Kier molecular flexibility index (Phi) is 3.41. The molecule has 8 heteroatoms. The molecule has 0 radical (unpaired) electrons. The Morgan fingerprint density at radius 1 is 1.58 bits per heavy atom. The lowest BCUT2D eigenvalue weighted by atomic mass is 10.2. The minimum atomic E-state index is -0.458. The Bertz CT molecular complexity index is 525. The summed E-state index contributed by atoms with van der Waals surface area (Å²) in [5, 5.41) is 18.2. The highest BCUT2D eigenvalue weighted by molar-refractivity contribution is 5.87. The highest BCUT2D eigenvalue weighted by atomic mass is 16.6. The summed E-state index contributed by atoms with van der Waals surface area (Å²) in [5.74, 6) is 0.273. The Hall–Kier alpha value is -2.12. The number of hydrogen-bond acceptors (Lipinski definition) is 5. The highest BCUT2D eigenvalue weighted by Crippen LogP contribution is 2.29. The maximum absolute atomic E-state index is 11.9. The van der Waals surface area contributed by atoms with Crippen LogP contribution in [0.2, 0.25) is 0 Å². The lowest BCUT2D eigenvalue weighted by molar-refractivity contribution is -0.384.